The van der Waals surface area contributed by atoms with Crippen LogP contribution in [0, 0.1) is 18.6 Å². The predicted molar refractivity (Wildman–Crippen MR) is 116 cm³/mol. The Morgan fingerprint density at radius 1 is 1.00 bits per heavy atom. The van der Waals surface area contributed by atoms with Crippen molar-refractivity contribution in [3.8, 4) is 5.69 Å². The van der Waals surface area contributed by atoms with Gasteiger partial charge in [-0.3, -0.25) is 19.0 Å². The predicted octanol–water partition coefficient (Wildman–Crippen LogP) is 4.83. The summed E-state index contributed by atoms with van der Waals surface area (Å²) in [6, 6.07) is 12.5. The molecule has 0 spiro atoms. The second kappa shape index (κ2) is 7.88. The van der Waals surface area contributed by atoms with E-state index in [2.05, 4.69) is 5.32 Å². The number of pyridine rings is 1. The lowest BCUT2D eigenvalue weighted by molar-refractivity contribution is -0.114. The smallest absolute Gasteiger partial charge is 0.256 e. The lowest BCUT2D eigenvalue weighted by Gasteiger charge is -2.08. The van der Waals surface area contributed by atoms with Gasteiger partial charge in [0, 0.05) is 23.9 Å². The second-order valence-electron chi connectivity index (χ2n) is 6.96. The summed E-state index contributed by atoms with van der Waals surface area (Å²) in [7, 11) is 0. The number of hydrogen-bond acceptors (Lipinski definition) is 4. The monoisotopic (exact) mass is 438 g/mol. The van der Waals surface area contributed by atoms with E-state index in [4.69, 9.17) is 0 Å². The van der Waals surface area contributed by atoms with E-state index in [1.54, 1.807) is 13.0 Å². The van der Waals surface area contributed by atoms with Crippen LogP contribution in [0.3, 0.4) is 0 Å². The summed E-state index contributed by atoms with van der Waals surface area (Å²) < 4.78 is 29.3. The number of hydrogen-bond donors (Lipinski definition) is 1. The number of thiophene rings is 1. The van der Waals surface area contributed by atoms with Gasteiger partial charge in [-0.05, 0) is 48.9 Å². The Kier molecular flexibility index (Phi) is 5.24. The summed E-state index contributed by atoms with van der Waals surface area (Å²) >= 11 is 0.996. The van der Waals surface area contributed by atoms with E-state index < -0.39 is 28.9 Å². The van der Waals surface area contributed by atoms with Crippen molar-refractivity contribution < 1.29 is 18.4 Å². The number of ketones is 1. The molecule has 4 rings (SSSR count). The maximum Gasteiger partial charge on any atom is 0.256 e. The lowest BCUT2D eigenvalue weighted by atomic mass is 10.0. The Bertz CT molecular complexity index is 1420. The zero-order valence-electron chi connectivity index (χ0n) is 16.5. The van der Waals surface area contributed by atoms with Crippen LogP contribution in [0.1, 0.15) is 28.4 Å². The molecule has 1 N–H and O–H groups in total. The van der Waals surface area contributed by atoms with Gasteiger partial charge in [0.15, 0.2) is 5.78 Å². The SMILES string of the molecule is CC(=O)Nc1sc2c(ccc(=O)n2-c2ccccc2F)c1C(=O)c1ccc(F)c(C)c1. The van der Waals surface area contributed by atoms with Crippen LogP contribution < -0.4 is 10.9 Å². The fourth-order valence-electron chi connectivity index (χ4n) is 3.35. The number of benzene rings is 2. The molecule has 8 heteroatoms. The van der Waals surface area contributed by atoms with Crippen molar-refractivity contribution in [2.45, 2.75) is 13.8 Å². The first kappa shape index (κ1) is 20.6. The molecule has 0 saturated carbocycles. The van der Waals surface area contributed by atoms with Gasteiger partial charge in [-0.15, -0.1) is 0 Å². The van der Waals surface area contributed by atoms with Crippen molar-refractivity contribution in [3.63, 3.8) is 0 Å². The third-order valence-electron chi connectivity index (χ3n) is 4.77. The van der Waals surface area contributed by atoms with Crippen LogP contribution in [0.4, 0.5) is 13.8 Å². The molecule has 0 aliphatic carbocycles. The van der Waals surface area contributed by atoms with Crippen molar-refractivity contribution in [2.24, 2.45) is 0 Å². The van der Waals surface area contributed by atoms with E-state index >= 15 is 0 Å². The average molecular weight is 438 g/mol. The molecule has 0 aliphatic rings. The quantitative estimate of drug-likeness (QED) is 0.464. The molecule has 2 aromatic carbocycles. The van der Waals surface area contributed by atoms with Crippen LogP contribution in [-0.4, -0.2) is 16.3 Å². The summed E-state index contributed by atoms with van der Waals surface area (Å²) in [6.07, 6.45) is 0. The zero-order valence-corrected chi connectivity index (χ0v) is 17.3. The zero-order chi connectivity index (χ0) is 22.3. The third kappa shape index (κ3) is 3.66. The van der Waals surface area contributed by atoms with Crippen LogP contribution in [0.5, 0.6) is 0 Å². The first-order valence-electron chi connectivity index (χ1n) is 9.30. The second-order valence-corrected chi connectivity index (χ2v) is 7.96. The first-order chi connectivity index (χ1) is 14.8. The minimum Gasteiger partial charge on any atom is -0.317 e. The number of para-hydroxylation sites is 1. The van der Waals surface area contributed by atoms with Gasteiger partial charge in [-0.1, -0.05) is 23.5 Å². The molecular weight excluding hydrogens is 422 g/mol. The molecule has 5 nitrogen and oxygen atoms in total. The van der Waals surface area contributed by atoms with Gasteiger partial charge < -0.3 is 5.32 Å². The van der Waals surface area contributed by atoms with Gasteiger partial charge in [0.1, 0.15) is 21.5 Å². The molecule has 2 aromatic heterocycles. The number of nitrogens with zero attached hydrogens (tertiary/aromatic N) is 1. The highest BCUT2D eigenvalue weighted by molar-refractivity contribution is 7.23. The Labute approximate surface area is 179 Å². The van der Waals surface area contributed by atoms with E-state index in [1.807, 2.05) is 0 Å². The topological polar surface area (TPSA) is 68.2 Å². The number of rotatable bonds is 4. The van der Waals surface area contributed by atoms with Crippen LogP contribution >= 0.6 is 11.3 Å². The minimum atomic E-state index is -0.603. The number of aryl methyl sites for hydroxylation is 1. The van der Waals surface area contributed by atoms with E-state index in [0.717, 1.165) is 11.3 Å². The number of carbonyl (C=O) groups excluding carboxylic acids is 2. The Hall–Kier alpha value is -3.65. The first-order valence-corrected chi connectivity index (χ1v) is 10.1. The van der Waals surface area contributed by atoms with Crippen molar-refractivity contribution in [1.29, 1.82) is 0 Å². The van der Waals surface area contributed by atoms with Crippen LogP contribution in [0.15, 0.2) is 59.4 Å². The van der Waals surface area contributed by atoms with Gasteiger partial charge in [0.05, 0.1) is 11.3 Å². The standard InChI is InChI=1S/C23H16F2N2O3S/c1-12-11-14(7-9-16(12)24)21(30)20-15-8-10-19(29)27(18-6-4-3-5-17(18)25)23(15)31-22(20)26-13(2)28/h3-11H,1-2H3,(H,26,28). The molecule has 0 saturated heterocycles. The van der Waals surface area contributed by atoms with Crippen molar-refractivity contribution in [3.05, 3.63) is 93.3 Å². The molecule has 0 aliphatic heterocycles. The Morgan fingerprint density at radius 2 is 1.74 bits per heavy atom. The molecule has 0 unspecified atom stereocenters. The van der Waals surface area contributed by atoms with E-state index in [9.17, 15) is 23.2 Å². The van der Waals surface area contributed by atoms with E-state index in [-0.39, 0.29) is 21.8 Å². The number of nitrogens with one attached hydrogen (secondary N) is 1. The summed E-state index contributed by atoms with van der Waals surface area (Å²) in [5.41, 5.74) is 0.241. The summed E-state index contributed by atoms with van der Waals surface area (Å²) in [6.45, 7) is 2.84. The lowest BCUT2D eigenvalue weighted by Crippen LogP contribution is -2.17. The van der Waals surface area contributed by atoms with Crippen LogP contribution in [0.2, 0.25) is 0 Å². The fraction of sp³-hybridized carbons (Fsp3) is 0.0870. The molecule has 31 heavy (non-hydrogen) atoms. The van der Waals surface area contributed by atoms with E-state index in [0.29, 0.717) is 15.8 Å². The fourth-order valence-corrected chi connectivity index (χ4v) is 4.60. The average Bonchev–Trinajstić information content (AvgIpc) is 3.07. The number of amides is 1. The highest BCUT2D eigenvalue weighted by atomic mass is 32.1. The third-order valence-corrected chi connectivity index (χ3v) is 5.88. The number of carbonyl (C=O) groups is 2. The molecule has 0 bridgehead atoms. The molecule has 1 amide bonds. The normalized spacial score (nSPS) is 11.0. The largest absolute Gasteiger partial charge is 0.317 e. The van der Waals surface area contributed by atoms with E-state index in [1.165, 1.54) is 60.0 Å². The molecule has 4 aromatic rings. The van der Waals surface area contributed by atoms with Gasteiger partial charge in [-0.2, -0.15) is 0 Å². The maximum absolute atomic E-state index is 14.5. The van der Waals surface area contributed by atoms with Gasteiger partial charge in [-0.25, -0.2) is 8.78 Å². The summed E-state index contributed by atoms with van der Waals surface area (Å²) in [5.74, 6) is -1.90. The van der Waals surface area contributed by atoms with Gasteiger partial charge in [0.25, 0.3) is 5.56 Å². The molecule has 2 heterocycles. The Morgan fingerprint density at radius 3 is 2.42 bits per heavy atom. The highest BCUT2D eigenvalue weighted by Crippen LogP contribution is 2.38. The summed E-state index contributed by atoms with van der Waals surface area (Å²) in [5, 5.41) is 3.23. The minimum absolute atomic E-state index is 0.0327. The van der Waals surface area contributed by atoms with Crippen molar-refractivity contribution in [2.75, 3.05) is 5.32 Å². The number of fused-ring (bicyclic) bond motifs is 1. The summed E-state index contributed by atoms with van der Waals surface area (Å²) in [4.78, 5) is 38.1. The molecular formula is C23H16F2N2O3S. The molecule has 0 radical (unpaired) electrons. The molecule has 156 valence electrons. The van der Waals surface area contributed by atoms with Gasteiger partial charge in [0.2, 0.25) is 5.91 Å². The van der Waals surface area contributed by atoms with Crippen molar-refractivity contribution >= 4 is 38.2 Å². The Balaban J connectivity index is 2.03. The number of aromatic nitrogens is 1. The highest BCUT2D eigenvalue weighted by Gasteiger charge is 2.24. The molecule has 0 atom stereocenters. The van der Waals surface area contributed by atoms with Crippen LogP contribution in [0.25, 0.3) is 15.9 Å². The number of anilines is 1. The van der Waals surface area contributed by atoms with Crippen LogP contribution in [-0.2, 0) is 4.79 Å². The maximum atomic E-state index is 14.5. The van der Waals surface area contributed by atoms with Crippen molar-refractivity contribution in [1.82, 2.24) is 4.57 Å². The molecule has 0 fully saturated rings. The van der Waals surface area contributed by atoms with Gasteiger partial charge >= 0.3 is 0 Å². The number of halogens is 2.